The van der Waals surface area contributed by atoms with Gasteiger partial charge in [0.1, 0.15) is 30.5 Å². The van der Waals surface area contributed by atoms with Gasteiger partial charge in [-0.25, -0.2) is 4.39 Å². The number of rotatable bonds is 8. The smallest absolute Gasteiger partial charge is 0.185 e. The molecule has 0 unspecified atom stereocenters. The lowest BCUT2D eigenvalue weighted by Gasteiger charge is -2.08. The van der Waals surface area contributed by atoms with E-state index >= 15 is 0 Å². The Morgan fingerprint density at radius 3 is 2.00 bits per heavy atom. The molecule has 0 saturated heterocycles. The summed E-state index contributed by atoms with van der Waals surface area (Å²) in [6.45, 7) is 0.894. The van der Waals surface area contributed by atoms with E-state index in [0.29, 0.717) is 18.8 Å². The van der Waals surface area contributed by atoms with E-state index in [9.17, 15) is 9.18 Å². The molecular formula is C23H19FO3. The Kier molecular flexibility index (Phi) is 6.36. The fourth-order valence-corrected chi connectivity index (χ4v) is 2.39. The van der Waals surface area contributed by atoms with Crippen LogP contribution in [0.5, 0.6) is 11.5 Å². The van der Waals surface area contributed by atoms with Gasteiger partial charge in [0, 0.05) is 5.56 Å². The van der Waals surface area contributed by atoms with Crippen molar-refractivity contribution in [3.05, 3.63) is 102 Å². The molecule has 0 saturated carbocycles. The van der Waals surface area contributed by atoms with E-state index in [-0.39, 0.29) is 11.6 Å². The summed E-state index contributed by atoms with van der Waals surface area (Å²) in [6, 6.07) is 22.5. The molecule has 0 aliphatic heterocycles. The number of ether oxygens (including phenoxy) is 2. The Morgan fingerprint density at radius 2 is 1.37 bits per heavy atom. The van der Waals surface area contributed by atoms with Crippen LogP contribution in [0.15, 0.2) is 84.9 Å². The molecule has 27 heavy (non-hydrogen) atoms. The summed E-state index contributed by atoms with van der Waals surface area (Å²) >= 11 is 0. The second-order valence-electron chi connectivity index (χ2n) is 5.78. The van der Waals surface area contributed by atoms with Gasteiger partial charge >= 0.3 is 0 Å². The van der Waals surface area contributed by atoms with E-state index < -0.39 is 0 Å². The standard InChI is InChI=1S/C23H19FO3/c24-20-11-9-19(10-12-20)23(25)15-8-18-6-13-22(14-7-18)27-17-16-26-21-4-2-1-3-5-21/h1-15H,16-17H2. The van der Waals surface area contributed by atoms with Gasteiger partial charge in [0.2, 0.25) is 0 Å². The summed E-state index contributed by atoms with van der Waals surface area (Å²) in [5.74, 6) is 1.01. The predicted molar refractivity (Wildman–Crippen MR) is 104 cm³/mol. The molecule has 4 heteroatoms. The topological polar surface area (TPSA) is 35.5 Å². The Labute approximate surface area is 157 Å². The molecule has 0 fully saturated rings. The molecule has 0 aliphatic rings. The Bertz CT molecular complexity index is 885. The Hall–Kier alpha value is -3.40. The number of carbonyl (C=O) groups excluding carboxylic acids is 1. The van der Waals surface area contributed by atoms with Crippen LogP contribution in [-0.4, -0.2) is 19.0 Å². The van der Waals surface area contributed by atoms with E-state index in [1.165, 1.54) is 30.3 Å². The normalized spacial score (nSPS) is 10.7. The van der Waals surface area contributed by atoms with Crippen LogP contribution in [0.1, 0.15) is 15.9 Å². The third-order valence-electron chi connectivity index (χ3n) is 3.80. The molecule has 0 bridgehead atoms. The first-order valence-corrected chi connectivity index (χ1v) is 8.59. The van der Waals surface area contributed by atoms with Crippen molar-refractivity contribution >= 4 is 11.9 Å². The number of carbonyl (C=O) groups is 1. The molecule has 0 atom stereocenters. The number of para-hydroxylation sites is 1. The monoisotopic (exact) mass is 362 g/mol. The highest BCUT2D eigenvalue weighted by Crippen LogP contribution is 2.14. The zero-order valence-electron chi connectivity index (χ0n) is 14.7. The van der Waals surface area contributed by atoms with Crippen LogP contribution in [0.4, 0.5) is 4.39 Å². The summed E-state index contributed by atoms with van der Waals surface area (Å²) in [5.41, 5.74) is 1.32. The van der Waals surface area contributed by atoms with Gasteiger partial charge in [0.25, 0.3) is 0 Å². The van der Waals surface area contributed by atoms with Gasteiger partial charge in [-0.05, 0) is 60.2 Å². The molecule has 136 valence electrons. The third kappa shape index (κ3) is 5.82. The Morgan fingerprint density at radius 1 is 0.778 bits per heavy atom. The van der Waals surface area contributed by atoms with Gasteiger partial charge in [-0.1, -0.05) is 36.4 Å². The van der Waals surface area contributed by atoms with Gasteiger partial charge in [-0.15, -0.1) is 0 Å². The zero-order valence-corrected chi connectivity index (χ0v) is 14.7. The van der Waals surface area contributed by atoms with Gasteiger partial charge in [-0.3, -0.25) is 4.79 Å². The molecule has 3 rings (SSSR count). The molecule has 3 aromatic carbocycles. The summed E-state index contributed by atoms with van der Waals surface area (Å²) in [4.78, 5) is 12.0. The second-order valence-corrected chi connectivity index (χ2v) is 5.78. The zero-order chi connectivity index (χ0) is 18.9. The molecule has 0 aromatic heterocycles. The van der Waals surface area contributed by atoms with Crippen molar-refractivity contribution < 1.29 is 18.7 Å². The highest BCUT2D eigenvalue weighted by Gasteiger charge is 2.01. The van der Waals surface area contributed by atoms with E-state index in [2.05, 4.69) is 0 Å². The molecule has 0 heterocycles. The van der Waals surface area contributed by atoms with E-state index in [1.807, 2.05) is 54.6 Å². The number of benzene rings is 3. The molecule has 0 amide bonds. The van der Waals surface area contributed by atoms with Crippen LogP contribution in [0.3, 0.4) is 0 Å². The minimum Gasteiger partial charge on any atom is -0.490 e. The highest BCUT2D eigenvalue weighted by atomic mass is 19.1. The number of ketones is 1. The number of halogens is 1. The maximum Gasteiger partial charge on any atom is 0.185 e. The summed E-state index contributed by atoms with van der Waals surface area (Å²) < 4.78 is 24.1. The van der Waals surface area contributed by atoms with Crippen molar-refractivity contribution in [1.82, 2.24) is 0 Å². The quantitative estimate of drug-likeness (QED) is 0.315. The maximum atomic E-state index is 12.9. The minimum absolute atomic E-state index is 0.173. The third-order valence-corrected chi connectivity index (χ3v) is 3.80. The largest absolute Gasteiger partial charge is 0.490 e. The van der Waals surface area contributed by atoms with Crippen molar-refractivity contribution in [3.63, 3.8) is 0 Å². The van der Waals surface area contributed by atoms with E-state index in [0.717, 1.165) is 17.1 Å². The van der Waals surface area contributed by atoms with Gasteiger partial charge in [0.05, 0.1) is 0 Å². The van der Waals surface area contributed by atoms with E-state index in [4.69, 9.17) is 9.47 Å². The van der Waals surface area contributed by atoms with Crippen LogP contribution in [0, 0.1) is 5.82 Å². The molecule has 0 aliphatic carbocycles. The SMILES string of the molecule is O=C(C=Cc1ccc(OCCOc2ccccc2)cc1)c1ccc(F)cc1. The first kappa shape index (κ1) is 18.4. The van der Waals surface area contributed by atoms with Crippen molar-refractivity contribution in [2.75, 3.05) is 13.2 Å². The van der Waals surface area contributed by atoms with Crippen molar-refractivity contribution in [2.24, 2.45) is 0 Å². The van der Waals surface area contributed by atoms with Crippen molar-refractivity contribution in [3.8, 4) is 11.5 Å². The fourth-order valence-electron chi connectivity index (χ4n) is 2.39. The Balaban J connectivity index is 1.46. The summed E-state index contributed by atoms with van der Waals surface area (Å²) in [6.07, 6.45) is 3.19. The minimum atomic E-state index is -0.361. The average molecular weight is 362 g/mol. The summed E-state index contributed by atoms with van der Waals surface area (Å²) in [5, 5.41) is 0. The molecular weight excluding hydrogens is 343 g/mol. The number of hydrogen-bond acceptors (Lipinski definition) is 3. The van der Waals surface area contributed by atoms with Crippen molar-refractivity contribution in [1.29, 1.82) is 0 Å². The molecule has 3 nitrogen and oxygen atoms in total. The van der Waals surface area contributed by atoms with Crippen LogP contribution < -0.4 is 9.47 Å². The van der Waals surface area contributed by atoms with Crippen LogP contribution in [0.2, 0.25) is 0 Å². The number of hydrogen-bond donors (Lipinski definition) is 0. The van der Waals surface area contributed by atoms with Crippen LogP contribution in [0.25, 0.3) is 6.08 Å². The van der Waals surface area contributed by atoms with E-state index in [1.54, 1.807) is 6.08 Å². The van der Waals surface area contributed by atoms with Gasteiger partial charge in [0.15, 0.2) is 5.78 Å². The highest BCUT2D eigenvalue weighted by molar-refractivity contribution is 6.06. The van der Waals surface area contributed by atoms with Crippen LogP contribution in [-0.2, 0) is 0 Å². The predicted octanol–water partition coefficient (Wildman–Crippen LogP) is 5.18. The molecule has 0 N–H and O–H groups in total. The first-order valence-electron chi connectivity index (χ1n) is 8.59. The molecule has 0 radical (unpaired) electrons. The molecule has 0 spiro atoms. The van der Waals surface area contributed by atoms with Gasteiger partial charge in [-0.2, -0.15) is 0 Å². The fraction of sp³-hybridized carbons (Fsp3) is 0.0870. The second kappa shape index (κ2) is 9.34. The van der Waals surface area contributed by atoms with Crippen molar-refractivity contribution in [2.45, 2.75) is 0 Å². The average Bonchev–Trinajstić information content (AvgIpc) is 2.71. The lowest BCUT2D eigenvalue weighted by Crippen LogP contribution is -2.08. The molecule has 3 aromatic rings. The van der Waals surface area contributed by atoms with Crippen LogP contribution >= 0.6 is 0 Å². The van der Waals surface area contributed by atoms with Gasteiger partial charge < -0.3 is 9.47 Å². The summed E-state index contributed by atoms with van der Waals surface area (Å²) in [7, 11) is 0. The first-order chi connectivity index (χ1) is 13.2. The number of allylic oxidation sites excluding steroid dienone is 1. The maximum absolute atomic E-state index is 12.9. The lowest BCUT2D eigenvalue weighted by atomic mass is 10.1. The lowest BCUT2D eigenvalue weighted by molar-refractivity contribution is 0.104.